The summed E-state index contributed by atoms with van der Waals surface area (Å²) in [5, 5.41) is 12.1. The van der Waals surface area contributed by atoms with Crippen LogP contribution in [0, 0.1) is 0 Å². The van der Waals surface area contributed by atoms with Crippen LogP contribution in [-0.4, -0.2) is 40.1 Å². The van der Waals surface area contributed by atoms with E-state index in [1.807, 2.05) is 13.8 Å². The molecule has 0 saturated heterocycles. The van der Waals surface area contributed by atoms with E-state index in [2.05, 4.69) is 20.8 Å². The van der Waals surface area contributed by atoms with Crippen LogP contribution in [0.25, 0.3) is 0 Å². The van der Waals surface area contributed by atoms with Crippen LogP contribution in [0.4, 0.5) is 18.3 Å². The van der Waals surface area contributed by atoms with Crippen molar-refractivity contribution in [2.24, 2.45) is 0 Å². The van der Waals surface area contributed by atoms with Gasteiger partial charge in [-0.3, -0.25) is 4.79 Å². The predicted molar refractivity (Wildman–Crippen MR) is 77.7 cm³/mol. The van der Waals surface area contributed by atoms with Crippen molar-refractivity contribution in [1.29, 1.82) is 0 Å². The smallest absolute Gasteiger partial charge is 0.353 e. The van der Waals surface area contributed by atoms with Crippen LogP contribution in [0.15, 0.2) is 4.34 Å². The number of hydrogen-bond donors (Lipinski definition) is 2. The zero-order valence-corrected chi connectivity index (χ0v) is 13.5. The number of halogens is 3. The van der Waals surface area contributed by atoms with Gasteiger partial charge in [0.1, 0.15) is 6.54 Å². The van der Waals surface area contributed by atoms with Crippen molar-refractivity contribution in [2.45, 2.75) is 49.0 Å². The lowest BCUT2D eigenvalue weighted by molar-refractivity contribution is -0.121. The largest absolute Gasteiger partial charge is 0.405 e. The zero-order valence-electron chi connectivity index (χ0n) is 11.8. The predicted octanol–water partition coefficient (Wildman–Crippen LogP) is 2.91. The number of nitrogens with zero attached hydrogens (tertiary/aromatic N) is 2. The van der Waals surface area contributed by atoms with Crippen LogP contribution >= 0.6 is 23.1 Å². The van der Waals surface area contributed by atoms with Gasteiger partial charge in [0.25, 0.3) is 0 Å². The van der Waals surface area contributed by atoms with Crippen molar-refractivity contribution in [3.05, 3.63) is 0 Å². The average Bonchev–Trinajstić information content (AvgIpc) is 2.83. The minimum atomic E-state index is -4.30. The normalized spacial score (nSPS) is 14.6. The second-order valence-corrected chi connectivity index (χ2v) is 6.99. The number of thioether (sulfide) groups is 1. The molecule has 0 radical (unpaired) electrons. The Morgan fingerprint density at radius 2 is 2.05 bits per heavy atom. The highest BCUT2D eigenvalue weighted by Gasteiger charge is 2.27. The summed E-state index contributed by atoms with van der Waals surface area (Å²) in [6, 6.07) is 0.0824. The average molecular weight is 342 g/mol. The van der Waals surface area contributed by atoms with E-state index < -0.39 is 12.7 Å². The van der Waals surface area contributed by atoms with E-state index >= 15 is 0 Å². The molecule has 120 valence electrons. The van der Waals surface area contributed by atoms with Crippen molar-refractivity contribution in [1.82, 2.24) is 15.5 Å². The number of hydrogen-bond acceptors (Lipinski definition) is 6. The molecule has 0 fully saturated rings. The van der Waals surface area contributed by atoms with Gasteiger partial charge in [-0.05, 0) is 20.3 Å². The van der Waals surface area contributed by atoms with Crippen molar-refractivity contribution >= 4 is 34.1 Å². The van der Waals surface area contributed by atoms with Gasteiger partial charge < -0.3 is 10.6 Å². The Bertz CT molecular complexity index is 467. The molecular weight excluding hydrogens is 325 g/mol. The molecule has 1 rings (SSSR count). The molecule has 5 nitrogen and oxygen atoms in total. The van der Waals surface area contributed by atoms with Gasteiger partial charge in [-0.2, -0.15) is 13.2 Å². The van der Waals surface area contributed by atoms with Gasteiger partial charge in [0, 0.05) is 6.04 Å². The lowest BCUT2D eigenvalue weighted by Gasteiger charge is -2.14. The molecule has 0 saturated carbocycles. The van der Waals surface area contributed by atoms with Gasteiger partial charge in [0.05, 0.1) is 5.25 Å². The number of alkyl halides is 3. The number of carbonyl (C=O) groups excluding carboxylic acids is 1. The Morgan fingerprint density at radius 1 is 1.38 bits per heavy atom. The highest BCUT2D eigenvalue weighted by atomic mass is 32.2. The summed E-state index contributed by atoms with van der Waals surface area (Å²) >= 11 is 2.16. The van der Waals surface area contributed by atoms with E-state index in [0.717, 1.165) is 17.8 Å². The Hall–Kier alpha value is -1.03. The van der Waals surface area contributed by atoms with Crippen LogP contribution in [0.2, 0.25) is 0 Å². The summed E-state index contributed by atoms with van der Waals surface area (Å²) in [4.78, 5) is 11.8. The van der Waals surface area contributed by atoms with Crippen LogP contribution in [-0.2, 0) is 4.79 Å². The summed E-state index contributed by atoms with van der Waals surface area (Å²) in [7, 11) is 0. The zero-order chi connectivity index (χ0) is 16.0. The van der Waals surface area contributed by atoms with Gasteiger partial charge in [0.15, 0.2) is 4.34 Å². The van der Waals surface area contributed by atoms with Crippen LogP contribution in [0.3, 0.4) is 0 Å². The Morgan fingerprint density at radius 3 is 2.62 bits per heavy atom. The maximum absolute atomic E-state index is 12.1. The number of amides is 1. The maximum atomic E-state index is 12.1. The van der Waals surface area contributed by atoms with E-state index in [1.165, 1.54) is 11.8 Å². The Kier molecular flexibility index (Phi) is 6.72. The molecule has 0 bridgehead atoms. The standard InChI is InChI=1S/C11H17F3N4OS2/c1-4-6(2)16-8(19)7(3)20-10-18-17-9(21-10)15-5-11(12,13)14/h6-7H,4-5H2,1-3H3,(H,15,17)(H,16,19)/t6-,7-/m0/s1. The summed E-state index contributed by atoms with van der Waals surface area (Å²) in [6.07, 6.45) is -3.48. The second-order valence-electron chi connectivity index (χ2n) is 4.42. The van der Waals surface area contributed by atoms with Crippen molar-refractivity contribution < 1.29 is 18.0 Å². The molecule has 10 heteroatoms. The maximum Gasteiger partial charge on any atom is 0.405 e. The molecule has 21 heavy (non-hydrogen) atoms. The SMILES string of the molecule is CC[C@H](C)NC(=O)[C@H](C)Sc1nnc(NCC(F)(F)F)s1. The number of nitrogens with one attached hydrogen (secondary N) is 2. The highest BCUT2D eigenvalue weighted by molar-refractivity contribution is 8.02. The number of anilines is 1. The quantitative estimate of drug-likeness (QED) is 0.746. The summed E-state index contributed by atoms with van der Waals surface area (Å²) in [5.74, 6) is -0.130. The molecule has 1 aromatic rings. The fraction of sp³-hybridized carbons (Fsp3) is 0.727. The first kappa shape index (κ1) is 18.0. The lowest BCUT2D eigenvalue weighted by atomic mass is 10.2. The molecule has 0 spiro atoms. The van der Waals surface area contributed by atoms with Crippen molar-refractivity contribution in [2.75, 3.05) is 11.9 Å². The lowest BCUT2D eigenvalue weighted by Crippen LogP contribution is -2.37. The molecule has 0 aliphatic carbocycles. The monoisotopic (exact) mass is 342 g/mol. The van der Waals surface area contributed by atoms with Gasteiger partial charge in [-0.1, -0.05) is 30.0 Å². The van der Waals surface area contributed by atoms with Crippen LogP contribution in [0.1, 0.15) is 27.2 Å². The minimum absolute atomic E-state index is 0.0824. The third-order valence-corrected chi connectivity index (χ3v) is 4.56. The number of carbonyl (C=O) groups is 1. The van der Waals surface area contributed by atoms with Crippen molar-refractivity contribution in [3.63, 3.8) is 0 Å². The highest BCUT2D eigenvalue weighted by Crippen LogP contribution is 2.29. The molecule has 2 N–H and O–H groups in total. The number of aromatic nitrogens is 2. The third-order valence-electron chi connectivity index (χ3n) is 2.49. The van der Waals surface area contributed by atoms with E-state index in [9.17, 15) is 18.0 Å². The topological polar surface area (TPSA) is 66.9 Å². The van der Waals surface area contributed by atoms with E-state index in [-0.39, 0.29) is 22.3 Å². The molecular formula is C11H17F3N4OS2. The minimum Gasteiger partial charge on any atom is -0.353 e. The fourth-order valence-corrected chi connectivity index (χ4v) is 3.07. The van der Waals surface area contributed by atoms with E-state index in [0.29, 0.717) is 4.34 Å². The summed E-state index contributed by atoms with van der Waals surface area (Å²) in [5.41, 5.74) is 0. The van der Waals surface area contributed by atoms with Gasteiger partial charge in [-0.15, -0.1) is 10.2 Å². The second kappa shape index (κ2) is 7.83. The Labute approximate surface area is 129 Å². The molecule has 2 atom stereocenters. The van der Waals surface area contributed by atoms with E-state index in [4.69, 9.17) is 0 Å². The van der Waals surface area contributed by atoms with Crippen LogP contribution in [0.5, 0.6) is 0 Å². The fourth-order valence-electron chi connectivity index (χ4n) is 1.17. The number of rotatable bonds is 7. The van der Waals surface area contributed by atoms with Crippen molar-refractivity contribution in [3.8, 4) is 0 Å². The van der Waals surface area contributed by atoms with Gasteiger partial charge in [-0.25, -0.2) is 0 Å². The molecule has 0 aliphatic rings. The first-order chi connectivity index (χ1) is 9.71. The molecule has 0 aliphatic heterocycles. The summed E-state index contributed by atoms with van der Waals surface area (Å²) in [6.45, 7) is 4.43. The molecule has 1 heterocycles. The first-order valence-electron chi connectivity index (χ1n) is 6.32. The van der Waals surface area contributed by atoms with E-state index in [1.54, 1.807) is 6.92 Å². The molecule has 0 unspecified atom stereocenters. The van der Waals surface area contributed by atoms with Crippen LogP contribution < -0.4 is 10.6 Å². The van der Waals surface area contributed by atoms with Gasteiger partial charge >= 0.3 is 6.18 Å². The molecule has 1 aromatic heterocycles. The van der Waals surface area contributed by atoms with Gasteiger partial charge in [0.2, 0.25) is 11.0 Å². The molecule has 0 aromatic carbocycles. The summed E-state index contributed by atoms with van der Waals surface area (Å²) < 4.78 is 36.6. The first-order valence-corrected chi connectivity index (χ1v) is 8.02. The molecule has 1 amide bonds. The Balaban J connectivity index is 2.48. The third kappa shape index (κ3) is 6.98.